The van der Waals surface area contributed by atoms with E-state index < -0.39 is 14.3 Å². The third-order valence-corrected chi connectivity index (χ3v) is 10.3. The van der Waals surface area contributed by atoms with E-state index in [0.717, 1.165) is 6.42 Å². The molecule has 4 heteroatoms. The van der Waals surface area contributed by atoms with Gasteiger partial charge in [0.15, 0.2) is 8.32 Å². The maximum atomic E-state index is 6.67. The molecule has 0 aliphatic carbocycles. The van der Waals surface area contributed by atoms with E-state index in [1.807, 2.05) is 6.07 Å². The van der Waals surface area contributed by atoms with Crippen LogP contribution in [-0.2, 0) is 13.9 Å². The number of ether oxygens (including phenoxy) is 2. The van der Waals surface area contributed by atoms with Crippen LogP contribution in [0.5, 0.6) is 0 Å². The Labute approximate surface area is 141 Å². The summed E-state index contributed by atoms with van der Waals surface area (Å²) in [6, 6.07) is 10.4. The lowest BCUT2D eigenvalue weighted by atomic mass is 9.71. The van der Waals surface area contributed by atoms with Gasteiger partial charge in [0, 0.05) is 0 Å². The zero-order valence-electron chi connectivity index (χ0n) is 15.5. The van der Waals surface area contributed by atoms with Crippen molar-refractivity contribution in [1.29, 1.82) is 0 Å². The molecule has 0 unspecified atom stereocenters. The smallest absolute Gasteiger partial charge is 0.283 e. The molecule has 2 aliphatic heterocycles. The van der Waals surface area contributed by atoms with Crippen LogP contribution in [0.3, 0.4) is 0 Å². The van der Waals surface area contributed by atoms with Crippen LogP contribution in [0.1, 0.15) is 52.7 Å². The minimum absolute atomic E-state index is 0.0402. The van der Waals surface area contributed by atoms with Gasteiger partial charge in [0.2, 0.25) is 0 Å². The second kappa shape index (κ2) is 5.15. The molecular weight excluding hydrogens is 304 g/mol. The molecule has 2 aliphatic rings. The Kier molecular flexibility index (Phi) is 3.84. The highest BCUT2D eigenvalue weighted by atomic mass is 28.4. The predicted octanol–water partition coefficient (Wildman–Crippen LogP) is 5.25. The molecule has 2 heterocycles. The Balaban J connectivity index is 1.91. The van der Waals surface area contributed by atoms with Gasteiger partial charge in [-0.3, -0.25) is 0 Å². The fraction of sp³-hybridized carbons (Fsp3) is 0.684. The van der Waals surface area contributed by atoms with Crippen molar-refractivity contribution in [3.8, 4) is 0 Å². The average Bonchev–Trinajstić information content (AvgIpc) is 2.60. The molecule has 0 N–H and O–H groups in total. The second-order valence-corrected chi connectivity index (χ2v) is 13.6. The first-order chi connectivity index (χ1) is 10.5. The van der Waals surface area contributed by atoms with Crippen LogP contribution in [0.25, 0.3) is 0 Å². The Hall–Kier alpha value is -0.683. The molecule has 0 saturated carbocycles. The van der Waals surface area contributed by atoms with Crippen molar-refractivity contribution in [2.24, 2.45) is 5.41 Å². The summed E-state index contributed by atoms with van der Waals surface area (Å²) >= 11 is 0. The molecule has 23 heavy (non-hydrogen) atoms. The maximum Gasteiger partial charge on any atom is 0.283 e. The molecule has 0 aromatic heterocycles. The third-order valence-electron chi connectivity index (χ3n) is 5.92. The third kappa shape index (κ3) is 2.51. The van der Waals surface area contributed by atoms with Crippen molar-refractivity contribution in [3.05, 3.63) is 35.9 Å². The van der Waals surface area contributed by atoms with E-state index in [0.29, 0.717) is 0 Å². The van der Waals surface area contributed by atoms with E-state index in [2.05, 4.69) is 72.0 Å². The summed E-state index contributed by atoms with van der Waals surface area (Å²) in [4.78, 5) is 0. The molecule has 3 nitrogen and oxygen atoms in total. The summed E-state index contributed by atoms with van der Waals surface area (Å²) in [7, 11) is -1.99. The van der Waals surface area contributed by atoms with Crippen LogP contribution in [0.4, 0.5) is 0 Å². The van der Waals surface area contributed by atoms with Crippen molar-refractivity contribution in [2.45, 2.75) is 77.4 Å². The first-order valence-corrected chi connectivity index (χ1v) is 11.5. The van der Waals surface area contributed by atoms with E-state index in [1.54, 1.807) is 0 Å². The number of hydrogen-bond acceptors (Lipinski definition) is 3. The molecule has 0 amide bonds. The van der Waals surface area contributed by atoms with E-state index in [4.69, 9.17) is 13.9 Å². The Morgan fingerprint density at radius 2 is 1.74 bits per heavy atom. The highest BCUT2D eigenvalue weighted by molar-refractivity contribution is 6.74. The lowest BCUT2D eigenvalue weighted by molar-refractivity contribution is -0.483. The number of benzene rings is 1. The fourth-order valence-electron chi connectivity index (χ4n) is 3.54. The van der Waals surface area contributed by atoms with Crippen molar-refractivity contribution in [1.82, 2.24) is 0 Å². The average molecular weight is 335 g/mol. The van der Waals surface area contributed by atoms with Gasteiger partial charge in [0.25, 0.3) is 5.97 Å². The van der Waals surface area contributed by atoms with Gasteiger partial charge in [-0.1, -0.05) is 51.1 Å². The molecular formula is C19H30O3Si. The van der Waals surface area contributed by atoms with E-state index in [-0.39, 0.29) is 22.7 Å². The molecule has 2 saturated heterocycles. The first-order valence-electron chi connectivity index (χ1n) is 8.62. The summed E-state index contributed by atoms with van der Waals surface area (Å²) in [5.74, 6) is -0.879. The van der Waals surface area contributed by atoms with Crippen LogP contribution < -0.4 is 0 Å². The van der Waals surface area contributed by atoms with Gasteiger partial charge in [-0.25, -0.2) is 0 Å². The SMILES string of the molecule is C[C@H]1C[C@]2(C)[C@@H](c3ccccc3)O[C@]2(O[Si](C)(C)C(C)(C)C)O1. The minimum Gasteiger partial charge on any atom is -0.368 e. The molecule has 0 bridgehead atoms. The van der Waals surface area contributed by atoms with Crippen molar-refractivity contribution in [2.75, 3.05) is 0 Å². The molecule has 3 rings (SSSR count). The van der Waals surface area contributed by atoms with Crippen LogP contribution in [0.2, 0.25) is 18.1 Å². The molecule has 1 aromatic rings. The van der Waals surface area contributed by atoms with Crippen molar-refractivity contribution < 1.29 is 13.9 Å². The van der Waals surface area contributed by atoms with Gasteiger partial charge >= 0.3 is 0 Å². The zero-order valence-corrected chi connectivity index (χ0v) is 16.5. The van der Waals surface area contributed by atoms with Crippen LogP contribution in [-0.4, -0.2) is 20.4 Å². The molecule has 4 atom stereocenters. The largest absolute Gasteiger partial charge is 0.368 e. The summed E-state index contributed by atoms with van der Waals surface area (Å²) in [6.45, 7) is 15.6. The predicted molar refractivity (Wildman–Crippen MR) is 94.6 cm³/mol. The quantitative estimate of drug-likeness (QED) is 0.707. The fourth-order valence-corrected chi connectivity index (χ4v) is 4.85. The van der Waals surface area contributed by atoms with E-state index in [9.17, 15) is 0 Å². The van der Waals surface area contributed by atoms with Crippen molar-refractivity contribution >= 4 is 8.32 Å². The second-order valence-electron chi connectivity index (χ2n) is 8.88. The molecule has 128 valence electrons. The van der Waals surface area contributed by atoms with Crippen LogP contribution in [0.15, 0.2) is 30.3 Å². The number of hydrogen-bond donors (Lipinski definition) is 0. The Bertz CT molecular complexity index is 580. The maximum absolute atomic E-state index is 6.67. The summed E-state index contributed by atoms with van der Waals surface area (Å²) in [5.41, 5.74) is 1.07. The van der Waals surface area contributed by atoms with Crippen molar-refractivity contribution in [3.63, 3.8) is 0 Å². The number of rotatable bonds is 3. The molecule has 0 spiro atoms. The Morgan fingerprint density at radius 1 is 1.13 bits per heavy atom. The zero-order chi connectivity index (χ0) is 17.1. The summed E-state index contributed by atoms with van der Waals surface area (Å²) in [6.07, 6.45) is 1.15. The van der Waals surface area contributed by atoms with Gasteiger partial charge < -0.3 is 13.9 Å². The topological polar surface area (TPSA) is 27.7 Å². The lowest BCUT2D eigenvalue weighted by Crippen LogP contribution is -2.66. The minimum atomic E-state index is -1.99. The monoisotopic (exact) mass is 334 g/mol. The van der Waals surface area contributed by atoms with E-state index in [1.165, 1.54) is 5.56 Å². The van der Waals surface area contributed by atoms with Gasteiger partial charge in [0.05, 0.1) is 11.5 Å². The summed E-state index contributed by atoms with van der Waals surface area (Å²) < 4.78 is 19.2. The van der Waals surface area contributed by atoms with Gasteiger partial charge in [-0.2, -0.15) is 0 Å². The molecule has 0 radical (unpaired) electrons. The van der Waals surface area contributed by atoms with Crippen LogP contribution >= 0.6 is 0 Å². The summed E-state index contributed by atoms with van der Waals surface area (Å²) in [5, 5.41) is 0.124. The molecule has 1 aromatic carbocycles. The van der Waals surface area contributed by atoms with Gasteiger partial charge in [-0.15, -0.1) is 0 Å². The van der Waals surface area contributed by atoms with E-state index >= 15 is 0 Å². The Morgan fingerprint density at radius 3 is 2.30 bits per heavy atom. The van der Waals surface area contributed by atoms with Crippen LogP contribution in [0, 0.1) is 5.41 Å². The number of fused-ring (bicyclic) bond motifs is 1. The standard InChI is InChI=1S/C19H30O3Si/c1-14-13-18(5)16(15-11-9-8-10-12-15)21-19(18,20-14)22-23(6,7)17(2,3)4/h8-12,14,16H,13H2,1-7H3/t14-,16+,18+,19+/m0/s1. The first kappa shape index (κ1) is 17.2. The lowest BCUT2D eigenvalue weighted by Gasteiger charge is -2.59. The van der Waals surface area contributed by atoms with Gasteiger partial charge in [-0.05, 0) is 44.0 Å². The highest BCUT2D eigenvalue weighted by Crippen LogP contribution is 2.67. The normalized spacial score (nSPS) is 37.3. The highest BCUT2D eigenvalue weighted by Gasteiger charge is 2.73. The molecule has 2 fully saturated rings. The van der Waals surface area contributed by atoms with Gasteiger partial charge in [0.1, 0.15) is 6.10 Å².